The van der Waals surface area contributed by atoms with E-state index in [0.29, 0.717) is 12.4 Å². The molecule has 0 unspecified atom stereocenters. The fourth-order valence-electron chi connectivity index (χ4n) is 1.38. The highest BCUT2D eigenvalue weighted by atomic mass is 16.5. The lowest BCUT2D eigenvalue weighted by atomic mass is 10.4. The van der Waals surface area contributed by atoms with Gasteiger partial charge in [-0.05, 0) is 6.42 Å². The number of hydrazine groups is 1. The Balaban J connectivity index is 1.92. The maximum Gasteiger partial charge on any atom is 0.242 e. The molecule has 1 N–H and O–H groups in total. The molecular weight excluding hydrogens is 168 g/mol. The summed E-state index contributed by atoms with van der Waals surface area (Å²) in [5.74, 6) is 1.49. The molecule has 1 aliphatic heterocycles. The Morgan fingerprint density at radius 1 is 1.62 bits per heavy atom. The molecule has 0 aromatic carbocycles. The van der Waals surface area contributed by atoms with Crippen LogP contribution in [0, 0.1) is 0 Å². The summed E-state index contributed by atoms with van der Waals surface area (Å²) in [5.41, 5.74) is 3.24. The second kappa shape index (κ2) is 3.85. The van der Waals surface area contributed by atoms with Gasteiger partial charge in [0.1, 0.15) is 0 Å². The first-order valence-corrected chi connectivity index (χ1v) is 4.68. The molecule has 1 aromatic heterocycles. The molecule has 1 fully saturated rings. The Hall–Kier alpha value is -0.940. The third-order valence-electron chi connectivity index (χ3n) is 2.09. The van der Waals surface area contributed by atoms with Gasteiger partial charge in [-0.1, -0.05) is 12.1 Å². The van der Waals surface area contributed by atoms with Gasteiger partial charge in [-0.2, -0.15) is 4.98 Å². The highest BCUT2D eigenvalue weighted by Crippen LogP contribution is 2.04. The number of hydrogen-bond acceptors (Lipinski definition) is 5. The summed E-state index contributed by atoms with van der Waals surface area (Å²) in [6.07, 6.45) is 2.02. The van der Waals surface area contributed by atoms with Crippen LogP contribution in [0.4, 0.5) is 0 Å². The van der Waals surface area contributed by atoms with Crippen LogP contribution < -0.4 is 5.43 Å². The van der Waals surface area contributed by atoms with E-state index in [0.717, 1.165) is 25.3 Å². The first-order valence-electron chi connectivity index (χ1n) is 4.68. The van der Waals surface area contributed by atoms with Crippen molar-refractivity contribution in [3.05, 3.63) is 11.7 Å². The Bertz CT molecular complexity index is 267. The maximum atomic E-state index is 5.07. The maximum absolute atomic E-state index is 5.07. The third kappa shape index (κ3) is 2.05. The van der Waals surface area contributed by atoms with Crippen LogP contribution in [-0.4, -0.2) is 28.2 Å². The van der Waals surface area contributed by atoms with Crippen molar-refractivity contribution in [1.82, 2.24) is 20.6 Å². The minimum atomic E-state index is 0.700. The Kier molecular flexibility index (Phi) is 2.56. The molecule has 0 atom stereocenters. The van der Waals surface area contributed by atoms with Crippen molar-refractivity contribution < 1.29 is 4.52 Å². The Morgan fingerprint density at radius 2 is 2.54 bits per heavy atom. The summed E-state index contributed by atoms with van der Waals surface area (Å²) in [4.78, 5) is 4.23. The molecule has 1 saturated heterocycles. The van der Waals surface area contributed by atoms with Gasteiger partial charge in [-0.15, -0.1) is 0 Å². The van der Waals surface area contributed by atoms with E-state index in [1.807, 2.05) is 6.92 Å². The van der Waals surface area contributed by atoms with Crippen molar-refractivity contribution in [3.8, 4) is 0 Å². The number of aromatic nitrogens is 2. The molecule has 0 spiro atoms. The molecule has 2 rings (SSSR count). The quantitative estimate of drug-likeness (QED) is 0.730. The normalized spacial score (nSPS) is 18.2. The van der Waals surface area contributed by atoms with Gasteiger partial charge in [0.15, 0.2) is 5.82 Å². The van der Waals surface area contributed by atoms with E-state index in [4.69, 9.17) is 4.52 Å². The van der Waals surface area contributed by atoms with Crippen LogP contribution in [0.25, 0.3) is 0 Å². The number of aryl methyl sites for hydroxylation is 1. The van der Waals surface area contributed by atoms with Crippen LogP contribution in [0.5, 0.6) is 0 Å². The van der Waals surface area contributed by atoms with Crippen molar-refractivity contribution in [2.24, 2.45) is 0 Å². The number of hydrogen-bond donors (Lipinski definition) is 1. The van der Waals surface area contributed by atoms with Crippen LogP contribution in [0.15, 0.2) is 4.52 Å². The van der Waals surface area contributed by atoms with Crippen LogP contribution in [0.3, 0.4) is 0 Å². The zero-order chi connectivity index (χ0) is 9.10. The van der Waals surface area contributed by atoms with Gasteiger partial charge in [0.05, 0.1) is 6.54 Å². The van der Waals surface area contributed by atoms with E-state index in [2.05, 4.69) is 20.6 Å². The second-order valence-corrected chi connectivity index (χ2v) is 3.14. The van der Waals surface area contributed by atoms with E-state index in [9.17, 15) is 0 Å². The monoisotopic (exact) mass is 182 g/mol. The van der Waals surface area contributed by atoms with Crippen molar-refractivity contribution in [2.75, 3.05) is 13.1 Å². The molecule has 13 heavy (non-hydrogen) atoms. The van der Waals surface area contributed by atoms with Crippen molar-refractivity contribution >= 4 is 0 Å². The van der Waals surface area contributed by atoms with Gasteiger partial charge >= 0.3 is 0 Å². The van der Waals surface area contributed by atoms with E-state index in [1.54, 1.807) is 0 Å². The van der Waals surface area contributed by atoms with Gasteiger partial charge in [0, 0.05) is 19.5 Å². The molecule has 0 bridgehead atoms. The van der Waals surface area contributed by atoms with Crippen LogP contribution in [0.1, 0.15) is 25.1 Å². The lowest BCUT2D eigenvalue weighted by Crippen LogP contribution is -2.30. The number of nitrogens with zero attached hydrogens (tertiary/aromatic N) is 3. The fraction of sp³-hybridized carbons (Fsp3) is 0.750. The van der Waals surface area contributed by atoms with Gasteiger partial charge in [-0.3, -0.25) is 5.43 Å². The van der Waals surface area contributed by atoms with Gasteiger partial charge < -0.3 is 4.52 Å². The summed E-state index contributed by atoms with van der Waals surface area (Å²) >= 11 is 0. The predicted molar refractivity (Wildman–Crippen MR) is 46.7 cm³/mol. The molecule has 72 valence electrons. The van der Waals surface area contributed by atoms with Crippen LogP contribution in [-0.2, 0) is 13.0 Å². The molecule has 0 saturated carbocycles. The summed E-state index contributed by atoms with van der Waals surface area (Å²) in [5, 5.41) is 5.94. The van der Waals surface area contributed by atoms with Crippen molar-refractivity contribution in [2.45, 2.75) is 26.3 Å². The van der Waals surface area contributed by atoms with E-state index in [-0.39, 0.29) is 0 Å². The molecule has 5 nitrogen and oxygen atoms in total. The standard InChI is InChI=1S/C8H14N4O/c1-2-7-10-8(13-11-7)6-12-5-3-4-9-12/h9H,2-6H2,1H3. The zero-order valence-corrected chi connectivity index (χ0v) is 7.79. The van der Waals surface area contributed by atoms with E-state index in [1.165, 1.54) is 6.42 Å². The van der Waals surface area contributed by atoms with Gasteiger partial charge in [0.2, 0.25) is 5.89 Å². The third-order valence-corrected chi connectivity index (χ3v) is 2.09. The molecule has 1 aromatic rings. The van der Waals surface area contributed by atoms with Crippen molar-refractivity contribution in [3.63, 3.8) is 0 Å². The average Bonchev–Trinajstić information content (AvgIpc) is 2.76. The van der Waals surface area contributed by atoms with E-state index >= 15 is 0 Å². The smallest absolute Gasteiger partial charge is 0.242 e. The Morgan fingerprint density at radius 3 is 3.15 bits per heavy atom. The molecule has 0 aliphatic carbocycles. The Labute approximate surface area is 77.1 Å². The highest BCUT2D eigenvalue weighted by molar-refractivity contribution is 4.85. The van der Waals surface area contributed by atoms with Crippen LogP contribution >= 0.6 is 0 Å². The topological polar surface area (TPSA) is 54.2 Å². The molecule has 1 aliphatic rings. The molecule has 0 amide bonds. The molecule has 2 heterocycles. The fourth-order valence-corrected chi connectivity index (χ4v) is 1.38. The highest BCUT2D eigenvalue weighted by Gasteiger charge is 2.14. The SMILES string of the molecule is CCc1noc(CN2CCCN2)n1. The lowest BCUT2D eigenvalue weighted by Gasteiger charge is -2.10. The zero-order valence-electron chi connectivity index (χ0n) is 7.79. The first-order chi connectivity index (χ1) is 6.38. The van der Waals surface area contributed by atoms with Gasteiger partial charge in [0.25, 0.3) is 0 Å². The number of rotatable bonds is 3. The van der Waals surface area contributed by atoms with Crippen LogP contribution in [0.2, 0.25) is 0 Å². The summed E-state index contributed by atoms with van der Waals surface area (Å²) in [6, 6.07) is 0. The second-order valence-electron chi connectivity index (χ2n) is 3.14. The first kappa shape index (κ1) is 8.65. The lowest BCUT2D eigenvalue weighted by molar-refractivity contribution is 0.208. The van der Waals surface area contributed by atoms with E-state index < -0.39 is 0 Å². The number of nitrogens with one attached hydrogen (secondary N) is 1. The summed E-state index contributed by atoms with van der Waals surface area (Å²) < 4.78 is 5.07. The molecule has 0 radical (unpaired) electrons. The predicted octanol–water partition coefficient (Wildman–Crippen LogP) is 0.342. The molecule has 5 heteroatoms. The molecular formula is C8H14N4O. The summed E-state index contributed by atoms with van der Waals surface area (Å²) in [6.45, 7) is 4.84. The van der Waals surface area contributed by atoms with Gasteiger partial charge in [-0.25, -0.2) is 5.01 Å². The average molecular weight is 182 g/mol. The summed E-state index contributed by atoms with van der Waals surface area (Å²) in [7, 11) is 0. The largest absolute Gasteiger partial charge is 0.338 e. The minimum Gasteiger partial charge on any atom is -0.338 e. The minimum absolute atomic E-state index is 0.700. The van der Waals surface area contributed by atoms with Crippen molar-refractivity contribution in [1.29, 1.82) is 0 Å².